The molecule has 0 bridgehead atoms. The van der Waals surface area contributed by atoms with E-state index >= 15 is 0 Å². The zero-order chi connectivity index (χ0) is 13.8. The Kier molecular flexibility index (Phi) is 4.30. The molecule has 0 spiro atoms. The van der Waals surface area contributed by atoms with Gasteiger partial charge in [-0.15, -0.1) is 0 Å². The summed E-state index contributed by atoms with van der Waals surface area (Å²) in [6, 6.07) is 12.9. The van der Waals surface area contributed by atoms with Gasteiger partial charge in [0.2, 0.25) is 0 Å². The van der Waals surface area contributed by atoms with Crippen molar-refractivity contribution in [2.45, 2.75) is 26.3 Å². The third kappa shape index (κ3) is 3.63. The van der Waals surface area contributed by atoms with Crippen molar-refractivity contribution in [2.24, 2.45) is 5.84 Å². The summed E-state index contributed by atoms with van der Waals surface area (Å²) in [4.78, 5) is 0. The Hall–Kier alpha value is -1.71. The molecule has 0 aliphatic heterocycles. The van der Waals surface area contributed by atoms with Gasteiger partial charge in [0.1, 0.15) is 5.82 Å². The molecule has 3 heteroatoms. The highest BCUT2D eigenvalue weighted by molar-refractivity contribution is 5.30. The minimum atomic E-state index is -0.231. The summed E-state index contributed by atoms with van der Waals surface area (Å²) >= 11 is 0. The number of nitrogens with one attached hydrogen (secondary N) is 1. The second-order valence-electron chi connectivity index (χ2n) is 4.97. The van der Waals surface area contributed by atoms with E-state index in [-0.39, 0.29) is 11.9 Å². The first kappa shape index (κ1) is 13.7. The van der Waals surface area contributed by atoms with Gasteiger partial charge in [-0.2, -0.15) is 0 Å². The molecule has 100 valence electrons. The Morgan fingerprint density at radius 2 is 1.63 bits per heavy atom. The summed E-state index contributed by atoms with van der Waals surface area (Å²) < 4.78 is 12.9. The van der Waals surface area contributed by atoms with Gasteiger partial charge in [-0.1, -0.05) is 41.5 Å². The van der Waals surface area contributed by atoms with Crippen LogP contribution >= 0.6 is 0 Å². The van der Waals surface area contributed by atoms with Gasteiger partial charge in [-0.05, 0) is 43.5 Å². The predicted octanol–water partition coefficient (Wildman–Crippen LogP) is 3.19. The molecule has 2 aromatic rings. The smallest absolute Gasteiger partial charge is 0.123 e. The van der Waals surface area contributed by atoms with E-state index in [1.165, 1.54) is 28.8 Å². The van der Waals surface area contributed by atoms with Gasteiger partial charge >= 0.3 is 0 Å². The quantitative estimate of drug-likeness (QED) is 0.653. The van der Waals surface area contributed by atoms with Crippen molar-refractivity contribution in [3.63, 3.8) is 0 Å². The van der Waals surface area contributed by atoms with Crippen LogP contribution in [0.3, 0.4) is 0 Å². The Balaban J connectivity index is 2.21. The number of aryl methyl sites for hydroxylation is 2. The number of hydrogen-bond acceptors (Lipinski definition) is 2. The minimum Gasteiger partial charge on any atom is -0.271 e. The largest absolute Gasteiger partial charge is 0.271 e. The van der Waals surface area contributed by atoms with Crippen LogP contribution in [0.1, 0.15) is 28.3 Å². The van der Waals surface area contributed by atoms with Gasteiger partial charge in [0, 0.05) is 6.04 Å². The monoisotopic (exact) mass is 258 g/mol. The Labute approximate surface area is 113 Å². The minimum absolute atomic E-state index is 0.0122. The van der Waals surface area contributed by atoms with E-state index < -0.39 is 0 Å². The first-order valence-corrected chi connectivity index (χ1v) is 6.37. The first-order chi connectivity index (χ1) is 9.08. The summed E-state index contributed by atoms with van der Waals surface area (Å²) in [6.45, 7) is 4.17. The van der Waals surface area contributed by atoms with Crippen molar-refractivity contribution in [3.05, 3.63) is 70.5 Å². The molecule has 19 heavy (non-hydrogen) atoms. The molecule has 0 saturated carbocycles. The van der Waals surface area contributed by atoms with Crippen molar-refractivity contribution in [1.29, 1.82) is 0 Å². The molecule has 0 aliphatic rings. The summed E-state index contributed by atoms with van der Waals surface area (Å²) in [7, 11) is 0. The van der Waals surface area contributed by atoms with E-state index in [9.17, 15) is 4.39 Å². The Morgan fingerprint density at radius 1 is 1.05 bits per heavy atom. The fourth-order valence-corrected chi connectivity index (χ4v) is 2.39. The molecule has 2 nitrogen and oxygen atoms in total. The summed E-state index contributed by atoms with van der Waals surface area (Å²) in [5, 5.41) is 0. The van der Waals surface area contributed by atoms with Gasteiger partial charge in [-0.25, -0.2) is 4.39 Å². The van der Waals surface area contributed by atoms with Crippen LogP contribution in [0.15, 0.2) is 42.5 Å². The molecular weight excluding hydrogens is 239 g/mol. The lowest BCUT2D eigenvalue weighted by Crippen LogP contribution is -2.29. The molecule has 0 heterocycles. The molecule has 0 amide bonds. The van der Waals surface area contributed by atoms with E-state index in [0.29, 0.717) is 0 Å². The molecule has 3 N–H and O–H groups in total. The third-order valence-corrected chi connectivity index (χ3v) is 3.19. The molecule has 1 unspecified atom stereocenters. The number of rotatable bonds is 4. The zero-order valence-electron chi connectivity index (χ0n) is 11.3. The lowest BCUT2D eigenvalue weighted by atomic mass is 9.97. The van der Waals surface area contributed by atoms with Crippen molar-refractivity contribution in [1.82, 2.24) is 5.43 Å². The highest BCUT2D eigenvalue weighted by atomic mass is 19.1. The molecule has 0 aliphatic carbocycles. The SMILES string of the molecule is Cc1cc(C)cc(CC(NN)c2ccc(F)cc2)c1. The third-order valence-electron chi connectivity index (χ3n) is 3.19. The fourth-order valence-electron chi connectivity index (χ4n) is 2.39. The van der Waals surface area contributed by atoms with Crippen LogP contribution in [0, 0.1) is 19.7 Å². The molecule has 2 aromatic carbocycles. The van der Waals surface area contributed by atoms with Crippen molar-refractivity contribution in [2.75, 3.05) is 0 Å². The second kappa shape index (κ2) is 5.95. The normalized spacial score (nSPS) is 12.4. The average Bonchev–Trinajstić information content (AvgIpc) is 2.36. The van der Waals surface area contributed by atoms with Crippen LogP contribution in [0.5, 0.6) is 0 Å². The Bertz CT molecular complexity index is 529. The van der Waals surface area contributed by atoms with Crippen LogP contribution in [-0.4, -0.2) is 0 Å². The lowest BCUT2D eigenvalue weighted by molar-refractivity contribution is 0.549. The maximum Gasteiger partial charge on any atom is 0.123 e. The molecule has 2 rings (SSSR count). The van der Waals surface area contributed by atoms with E-state index in [2.05, 4.69) is 37.5 Å². The van der Waals surface area contributed by atoms with E-state index in [1.807, 2.05) is 0 Å². The van der Waals surface area contributed by atoms with E-state index in [0.717, 1.165) is 12.0 Å². The number of nitrogens with two attached hydrogens (primary N) is 1. The Morgan fingerprint density at radius 3 is 2.16 bits per heavy atom. The predicted molar refractivity (Wildman–Crippen MR) is 76.1 cm³/mol. The lowest BCUT2D eigenvalue weighted by Gasteiger charge is -2.17. The van der Waals surface area contributed by atoms with Gasteiger partial charge < -0.3 is 0 Å². The molecule has 1 atom stereocenters. The molecule has 0 aromatic heterocycles. The highest BCUT2D eigenvalue weighted by Crippen LogP contribution is 2.20. The molecule has 0 fully saturated rings. The fraction of sp³-hybridized carbons (Fsp3) is 0.250. The van der Waals surface area contributed by atoms with Crippen LogP contribution < -0.4 is 11.3 Å². The number of halogens is 1. The van der Waals surface area contributed by atoms with Crippen molar-refractivity contribution in [3.8, 4) is 0 Å². The number of hydrogen-bond donors (Lipinski definition) is 2. The zero-order valence-corrected chi connectivity index (χ0v) is 11.3. The average molecular weight is 258 g/mol. The van der Waals surface area contributed by atoms with Gasteiger partial charge in [0.15, 0.2) is 0 Å². The summed E-state index contributed by atoms with van der Waals surface area (Å²) in [5.41, 5.74) is 7.50. The maximum atomic E-state index is 12.9. The maximum absolute atomic E-state index is 12.9. The van der Waals surface area contributed by atoms with Gasteiger partial charge in [0.05, 0.1) is 0 Å². The highest BCUT2D eigenvalue weighted by Gasteiger charge is 2.11. The van der Waals surface area contributed by atoms with Crippen LogP contribution in [0.2, 0.25) is 0 Å². The second-order valence-corrected chi connectivity index (χ2v) is 4.97. The van der Waals surface area contributed by atoms with Crippen LogP contribution in [0.25, 0.3) is 0 Å². The molecular formula is C16H19FN2. The van der Waals surface area contributed by atoms with Gasteiger partial charge in [0.25, 0.3) is 0 Å². The number of hydrazine groups is 1. The molecule has 0 radical (unpaired) electrons. The van der Waals surface area contributed by atoms with Gasteiger partial charge in [-0.3, -0.25) is 11.3 Å². The summed E-state index contributed by atoms with van der Waals surface area (Å²) in [5.74, 6) is 5.39. The van der Waals surface area contributed by atoms with E-state index in [1.54, 1.807) is 12.1 Å². The summed E-state index contributed by atoms with van der Waals surface area (Å²) in [6.07, 6.45) is 0.782. The topological polar surface area (TPSA) is 38.0 Å². The van der Waals surface area contributed by atoms with E-state index in [4.69, 9.17) is 5.84 Å². The van der Waals surface area contributed by atoms with Crippen molar-refractivity contribution >= 4 is 0 Å². The van der Waals surface area contributed by atoms with Crippen LogP contribution in [0.4, 0.5) is 4.39 Å². The van der Waals surface area contributed by atoms with Crippen molar-refractivity contribution < 1.29 is 4.39 Å². The molecule has 0 saturated heterocycles. The van der Waals surface area contributed by atoms with Crippen LogP contribution in [-0.2, 0) is 6.42 Å². The first-order valence-electron chi connectivity index (χ1n) is 6.37. The standard InChI is InChI=1S/C16H19FN2/c1-11-7-12(2)9-13(8-11)10-16(19-18)14-3-5-15(17)6-4-14/h3-9,16,19H,10,18H2,1-2H3. The number of benzene rings is 2.